The molecule has 0 aliphatic heterocycles. The molecule has 2 aromatic rings. The summed E-state index contributed by atoms with van der Waals surface area (Å²) in [5.41, 5.74) is 0.592. The van der Waals surface area contributed by atoms with Crippen molar-refractivity contribution in [2.45, 2.75) is 37.8 Å². The first-order chi connectivity index (χ1) is 13.8. The quantitative estimate of drug-likeness (QED) is 0.548. The fraction of sp³-hybridized carbons (Fsp3) is 0.381. The van der Waals surface area contributed by atoms with Crippen LogP contribution in [-0.4, -0.2) is 46.1 Å². The number of nitrogens with zero attached hydrogens (tertiary/aromatic N) is 1. The molecule has 0 aliphatic rings. The van der Waals surface area contributed by atoms with Crippen molar-refractivity contribution in [3.8, 4) is 11.5 Å². The van der Waals surface area contributed by atoms with Crippen molar-refractivity contribution in [1.82, 2.24) is 4.90 Å². The van der Waals surface area contributed by atoms with Gasteiger partial charge in [0.15, 0.2) is 0 Å². The van der Waals surface area contributed by atoms with Crippen molar-refractivity contribution in [2.75, 3.05) is 20.8 Å². The minimum atomic E-state index is -4.04. The lowest BCUT2D eigenvalue weighted by molar-refractivity contribution is -0.138. The van der Waals surface area contributed by atoms with E-state index in [0.29, 0.717) is 11.3 Å². The standard InChI is InChI=1S/C21H27NO6S/c1-5-16(2)22(21(23)15-26-3)14-17-8-6-7-9-20(17)28-29(24,25)19-12-10-18(27-4)11-13-19/h6-13,16H,5,14-15H2,1-4H3/t16-/m1/s1. The van der Waals surface area contributed by atoms with E-state index in [2.05, 4.69) is 0 Å². The SMILES string of the molecule is CC[C@@H](C)N(Cc1ccccc1OS(=O)(=O)c1ccc(OC)cc1)C(=O)COC. The third-order valence-corrected chi connectivity index (χ3v) is 5.82. The summed E-state index contributed by atoms with van der Waals surface area (Å²) >= 11 is 0. The molecule has 0 aromatic heterocycles. The van der Waals surface area contributed by atoms with Crippen LogP contribution in [0.25, 0.3) is 0 Å². The van der Waals surface area contributed by atoms with E-state index in [-0.39, 0.29) is 35.7 Å². The van der Waals surface area contributed by atoms with Crippen LogP contribution >= 0.6 is 0 Å². The number of amides is 1. The summed E-state index contributed by atoms with van der Waals surface area (Å²) in [4.78, 5) is 14.1. The average molecular weight is 422 g/mol. The molecule has 0 unspecified atom stereocenters. The maximum Gasteiger partial charge on any atom is 0.339 e. The number of carbonyl (C=O) groups is 1. The van der Waals surface area contributed by atoms with Gasteiger partial charge in [0.2, 0.25) is 5.91 Å². The summed E-state index contributed by atoms with van der Waals surface area (Å²) in [6.45, 7) is 4.09. The fourth-order valence-corrected chi connectivity index (χ4v) is 3.69. The number of para-hydroxylation sites is 1. The summed E-state index contributed by atoms with van der Waals surface area (Å²) in [5, 5.41) is 0. The van der Waals surface area contributed by atoms with Gasteiger partial charge >= 0.3 is 10.1 Å². The van der Waals surface area contributed by atoms with Gasteiger partial charge in [-0.2, -0.15) is 8.42 Å². The van der Waals surface area contributed by atoms with Crippen molar-refractivity contribution in [1.29, 1.82) is 0 Å². The Balaban J connectivity index is 2.30. The highest BCUT2D eigenvalue weighted by Crippen LogP contribution is 2.26. The number of methoxy groups -OCH3 is 2. The molecule has 0 aliphatic carbocycles. The third kappa shape index (κ3) is 5.95. The Morgan fingerprint density at radius 2 is 1.72 bits per heavy atom. The van der Waals surface area contributed by atoms with Crippen molar-refractivity contribution in [2.24, 2.45) is 0 Å². The molecule has 29 heavy (non-hydrogen) atoms. The van der Waals surface area contributed by atoms with Crippen LogP contribution in [0.15, 0.2) is 53.4 Å². The number of benzene rings is 2. The molecular formula is C21H27NO6S. The van der Waals surface area contributed by atoms with E-state index in [1.54, 1.807) is 41.3 Å². The summed E-state index contributed by atoms with van der Waals surface area (Å²) in [6.07, 6.45) is 0.753. The smallest absolute Gasteiger partial charge is 0.339 e. The van der Waals surface area contributed by atoms with E-state index in [0.717, 1.165) is 6.42 Å². The van der Waals surface area contributed by atoms with Gasteiger partial charge in [0.1, 0.15) is 23.0 Å². The molecule has 0 N–H and O–H groups in total. The molecule has 7 nitrogen and oxygen atoms in total. The normalized spacial score (nSPS) is 12.3. The Kier molecular flexibility index (Phi) is 8.04. The number of carbonyl (C=O) groups excluding carboxylic acids is 1. The number of ether oxygens (including phenoxy) is 2. The van der Waals surface area contributed by atoms with Gasteiger partial charge in [-0.15, -0.1) is 0 Å². The molecular weight excluding hydrogens is 394 g/mol. The number of hydrogen-bond acceptors (Lipinski definition) is 6. The summed E-state index contributed by atoms with van der Waals surface area (Å²) in [6, 6.07) is 12.7. The maximum absolute atomic E-state index is 12.7. The van der Waals surface area contributed by atoms with Gasteiger partial charge < -0.3 is 18.6 Å². The third-order valence-electron chi connectivity index (χ3n) is 4.57. The van der Waals surface area contributed by atoms with Gasteiger partial charge in [-0.3, -0.25) is 4.79 Å². The van der Waals surface area contributed by atoms with Gasteiger partial charge in [0, 0.05) is 25.3 Å². The Bertz CT molecular complexity index is 911. The first-order valence-corrected chi connectivity index (χ1v) is 10.7. The van der Waals surface area contributed by atoms with E-state index in [9.17, 15) is 13.2 Å². The second-order valence-corrected chi connectivity index (χ2v) is 8.08. The van der Waals surface area contributed by atoms with Gasteiger partial charge in [0.25, 0.3) is 0 Å². The van der Waals surface area contributed by atoms with Crippen LogP contribution in [0.5, 0.6) is 11.5 Å². The van der Waals surface area contributed by atoms with Crippen molar-refractivity contribution < 1.29 is 26.9 Å². The van der Waals surface area contributed by atoms with Gasteiger partial charge in [-0.25, -0.2) is 0 Å². The average Bonchev–Trinajstić information content (AvgIpc) is 2.72. The first-order valence-electron chi connectivity index (χ1n) is 9.27. The van der Waals surface area contributed by atoms with Crippen molar-refractivity contribution in [3.63, 3.8) is 0 Å². The molecule has 0 fully saturated rings. The van der Waals surface area contributed by atoms with Crippen LogP contribution in [0.1, 0.15) is 25.8 Å². The highest BCUT2D eigenvalue weighted by atomic mass is 32.2. The van der Waals surface area contributed by atoms with Crippen molar-refractivity contribution >= 4 is 16.0 Å². The maximum atomic E-state index is 12.7. The zero-order valence-electron chi connectivity index (χ0n) is 17.1. The molecule has 0 spiro atoms. The molecule has 0 bridgehead atoms. The lowest BCUT2D eigenvalue weighted by atomic mass is 10.1. The second kappa shape index (κ2) is 10.3. The molecule has 0 radical (unpaired) electrons. The lowest BCUT2D eigenvalue weighted by Crippen LogP contribution is -2.40. The van der Waals surface area contributed by atoms with Gasteiger partial charge in [-0.1, -0.05) is 25.1 Å². The van der Waals surface area contributed by atoms with Gasteiger partial charge in [0.05, 0.1) is 7.11 Å². The van der Waals surface area contributed by atoms with Gasteiger partial charge in [-0.05, 0) is 43.7 Å². The van der Waals surface area contributed by atoms with E-state index in [1.807, 2.05) is 13.8 Å². The fourth-order valence-electron chi connectivity index (χ4n) is 2.72. The van der Waals surface area contributed by atoms with E-state index < -0.39 is 10.1 Å². The molecule has 1 atom stereocenters. The molecule has 158 valence electrons. The van der Waals surface area contributed by atoms with Crippen LogP contribution in [0, 0.1) is 0 Å². The zero-order chi connectivity index (χ0) is 21.4. The number of rotatable bonds is 10. The first kappa shape index (κ1) is 22.7. The van der Waals surface area contributed by atoms with Crippen LogP contribution < -0.4 is 8.92 Å². The van der Waals surface area contributed by atoms with E-state index >= 15 is 0 Å². The molecule has 2 aromatic carbocycles. The molecule has 2 rings (SSSR count). The Morgan fingerprint density at radius 3 is 2.31 bits per heavy atom. The predicted molar refractivity (Wildman–Crippen MR) is 109 cm³/mol. The minimum Gasteiger partial charge on any atom is -0.497 e. The molecule has 0 saturated heterocycles. The Labute approximate surface area is 172 Å². The molecule has 1 amide bonds. The van der Waals surface area contributed by atoms with Crippen LogP contribution in [-0.2, 0) is 26.2 Å². The predicted octanol–water partition coefficient (Wildman–Crippen LogP) is 3.24. The van der Waals surface area contributed by atoms with E-state index in [4.69, 9.17) is 13.7 Å². The largest absolute Gasteiger partial charge is 0.497 e. The molecule has 0 heterocycles. The second-order valence-electron chi connectivity index (χ2n) is 6.53. The van der Waals surface area contributed by atoms with Crippen molar-refractivity contribution in [3.05, 3.63) is 54.1 Å². The highest BCUT2D eigenvalue weighted by Gasteiger charge is 2.23. The number of hydrogen-bond donors (Lipinski definition) is 0. The van der Waals surface area contributed by atoms with Crippen LogP contribution in [0.4, 0.5) is 0 Å². The Hall–Kier alpha value is -2.58. The monoisotopic (exact) mass is 421 g/mol. The summed E-state index contributed by atoms with van der Waals surface area (Å²) in [7, 11) is -1.07. The van der Waals surface area contributed by atoms with Crippen LogP contribution in [0.3, 0.4) is 0 Å². The molecule has 8 heteroatoms. The lowest BCUT2D eigenvalue weighted by Gasteiger charge is -2.29. The van der Waals surface area contributed by atoms with Crippen LogP contribution in [0.2, 0.25) is 0 Å². The minimum absolute atomic E-state index is 0.0161. The highest BCUT2D eigenvalue weighted by molar-refractivity contribution is 7.87. The summed E-state index contributed by atoms with van der Waals surface area (Å²) in [5.74, 6) is 0.557. The summed E-state index contributed by atoms with van der Waals surface area (Å²) < 4.78 is 40.8. The zero-order valence-corrected chi connectivity index (χ0v) is 17.9. The van der Waals surface area contributed by atoms with E-state index in [1.165, 1.54) is 26.4 Å². The Morgan fingerprint density at radius 1 is 1.07 bits per heavy atom. The topological polar surface area (TPSA) is 82.1 Å². The molecule has 0 saturated carbocycles.